The zero-order valence-electron chi connectivity index (χ0n) is 39.5. The van der Waals surface area contributed by atoms with Crippen LogP contribution in [0.5, 0.6) is 0 Å². The Bertz CT molecular complexity index is 1510. The Morgan fingerprint density at radius 3 is 1.24 bits per heavy atom. The van der Waals surface area contributed by atoms with Gasteiger partial charge in [-0.05, 0) is 89.9 Å². The van der Waals surface area contributed by atoms with Crippen LogP contribution in [0.1, 0.15) is 162 Å². The van der Waals surface area contributed by atoms with Gasteiger partial charge >= 0.3 is 17.9 Å². The van der Waals surface area contributed by atoms with Gasteiger partial charge < -0.3 is 14.2 Å². The maximum atomic E-state index is 12.7. The van der Waals surface area contributed by atoms with E-state index in [0.717, 1.165) is 103 Å². The lowest BCUT2D eigenvalue weighted by molar-refractivity contribution is -0.166. The van der Waals surface area contributed by atoms with Crippen LogP contribution < -0.4 is 0 Å². The Morgan fingerprint density at radius 1 is 0.349 bits per heavy atom. The summed E-state index contributed by atoms with van der Waals surface area (Å²) in [6.45, 7) is 6.07. The lowest BCUT2D eigenvalue weighted by Crippen LogP contribution is -2.30. The molecule has 1 unspecified atom stereocenters. The van der Waals surface area contributed by atoms with E-state index in [-0.39, 0.29) is 38.0 Å². The Labute approximate surface area is 384 Å². The van der Waals surface area contributed by atoms with Crippen LogP contribution in [0.2, 0.25) is 0 Å². The highest BCUT2D eigenvalue weighted by atomic mass is 16.6. The zero-order chi connectivity index (χ0) is 45.8. The second-order valence-electron chi connectivity index (χ2n) is 15.0. The molecule has 0 bridgehead atoms. The van der Waals surface area contributed by atoms with Gasteiger partial charge in [-0.2, -0.15) is 0 Å². The quantitative estimate of drug-likeness (QED) is 0.0201. The molecule has 0 aromatic heterocycles. The van der Waals surface area contributed by atoms with Crippen LogP contribution >= 0.6 is 0 Å². The minimum atomic E-state index is -0.850. The van der Waals surface area contributed by atoms with Crippen molar-refractivity contribution in [3.05, 3.63) is 158 Å². The first-order valence-corrected chi connectivity index (χ1v) is 24.1. The molecule has 0 spiro atoms. The van der Waals surface area contributed by atoms with Crippen LogP contribution in [0, 0.1) is 0 Å². The summed E-state index contributed by atoms with van der Waals surface area (Å²) in [4.78, 5) is 37.8. The fraction of sp³-hybridized carbons (Fsp3) is 0.491. The molecule has 6 heteroatoms. The molecule has 0 heterocycles. The highest BCUT2D eigenvalue weighted by molar-refractivity contribution is 5.72. The molecule has 0 aliphatic carbocycles. The number of ether oxygens (including phenoxy) is 3. The topological polar surface area (TPSA) is 78.9 Å². The molecular formula is C57H84O6. The van der Waals surface area contributed by atoms with Gasteiger partial charge in [0.2, 0.25) is 0 Å². The molecule has 1 atom stereocenters. The highest BCUT2D eigenvalue weighted by Crippen LogP contribution is 2.11. The van der Waals surface area contributed by atoms with E-state index >= 15 is 0 Å². The van der Waals surface area contributed by atoms with Crippen LogP contribution in [-0.4, -0.2) is 37.2 Å². The van der Waals surface area contributed by atoms with Gasteiger partial charge in [0.1, 0.15) is 13.2 Å². The van der Waals surface area contributed by atoms with E-state index in [1.807, 2.05) is 66.8 Å². The fourth-order valence-corrected chi connectivity index (χ4v) is 5.70. The first-order valence-electron chi connectivity index (χ1n) is 24.1. The van der Waals surface area contributed by atoms with Crippen molar-refractivity contribution in [3.8, 4) is 0 Å². The number of unbranched alkanes of at least 4 members (excludes halogenated alkanes) is 9. The predicted molar refractivity (Wildman–Crippen MR) is 269 cm³/mol. The standard InChI is InChI=1S/C57H84O6/c1-4-7-10-13-16-19-21-23-25-27-28-30-31-33-35-38-41-44-47-50-56(59)62-53-54(52-61-55(58)49-46-43-40-37-18-15-12-9-6-3)63-57(60)51-48-45-42-39-36-34-32-29-26-24-22-20-17-14-11-8-5-2/h7-12,14,16-20,22-26,28-30,32,34,36-37,43,46,54H,4-6,13,15,21,27,31,33,35,38-42,44-45,47-53H2,1-3H3/b10-7-,11-8-,12-9-,17-14-,19-16-,22-20-,25-23-,26-24-,30-28-,32-29+,36-34-,37-18-,46-43-. The molecule has 0 saturated heterocycles. The summed E-state index contributed by atoms with van der Waals surface area (Å²) in [6.07, 6.45) is 72.6. The van der Waals surface area contributed by atoms with E-state index in [9.17, 15) is 14.4 Å². The molecule has 63 heavy (non-hydrogen) atoms. The average molecular weight is 865 g/mol. The number of carbonyl (C=O) groups is 3. The second-order valence-corrected chi connectivity index (χ2v) is 15.0. The van der Waals surface area contributed by atoms with Gasteiger partial charge in [-0.25, -0.2) is 0 Å². The van der Waals surface area contributed by atoms with Crippen LogP contribution in [0.15, 0.2) is 158 Å². The van der Waals surface area contributed by atoms with E-state index in [1.54, 1.807) is 6.08 Å². The van der Waals surface area contributed by atoms with Crippen molar-refractivity contribution < 1.29 is 28.6 Å². The Balaban J connectivity index is 4.54. The maximum Gasteiger partial charge on any atom is 0.309 e. The van der Waals surface area contributed by atoms with Crippen molar-refractivity contribution in [3.63, 3.8) is 0 Å². The van der Waals surface area contributed by atoms with E-state index in [4.69, 9.17) is 14.2 Å². The summed E-state index contributed by atoms with van der Waals surface area (Å²) in [5, 5.41) is 0. The van der Waals surface area contributed by atoms with Crippen LogP contribution in [0.3, 0.4) is 0 Å². The van der Waals surface area contributed by atoms with Crippen molar-refractivity contribution in [2.24, 2.45) is 0 Å². The van der Waals surface area contributed by atoms with E-state index < -0.39 is 12.1 Å². The summed E-state index contributed by atoms with van der Waals surface area (Å²) >= 11 is 0. The molecule has 0 N–H and O–H groups in total. The molecule has 0 aromatic carbocycles. The Morgan fingerprint density at radius 2 is 0.714 bits per heavy atom. The van der Waals surface area contributed by atoms with Crippen LogP contribution in [-0.2, 0) is 28.6 Å². The van der Waals surface area contributed by atoms with Gasteiger partial charge in [0, 0.05) is 12.8 Å². The number of carbonyl (C=O) groups excluding carboxylic acids is 3. The predicted octanol–water partition coefficient (Wildman–Crippen LogP) is 15.9. The van der Waals surface area contributed by atoms with Crippen LogP contribution in [0.4, 0.5) is 0 Å². The highest BCUT2D eigenvalue weighted by Gasteiger charge is 2.19. The average Bonchev–Trinajstić information content (AvgIpc) is 3.28. The van der Waals surface area contributed by atoms with Gasteiger partial charge in [-0.15, -0.1) is 0 Å². The van der Waals surface area contributed by atoms with Crippen molar-refractivity contribution >= 4 is 17.9 Å². The van der Waals surface area contributed by atoms with Crippen molar-refractivity contribution in [1.29, 1.82) is 0 Å². The molecule has 348 valence electrons. The summed E-state index contributed by atoms with van der Waals surface area (Å²) in [6, 6.07) is 0. The van der Waals surface area contributed by atoms with Crippen molar-refractivity contribution in [1.82, 2.24) is 0 Å². The number of esters is 3. The molecule has 0 radical (unpaired) electrons. The Kier molecular flexibility index (Phi) is 45.8. The summed E-state index contributed by atoms with van der Waals surface area (Å²) < 4.78 is 16.6. The smallest absolute Gasteiger partial charge is 0.309 e. The minimum Gasteiger partial charge on any atom is -0.462 e. The van der Waals surface area contributed by atoms with Gasteiger partial charge in [-0.3, -0.25) is 14.4 Å². The molecule has 0 aromatic rings. The number of hydrogen-bond acceptors (Lipinski definition) is 6. The third-order valence-electron chi connectivity index (χ3n) is 9.20. The SMILES string of the molecule is CC\C=C/C=C\C=C/C=C\C=C\C=C/CCCCCC(=O)OC(COC(=O)C/C=C\C/C=C\C/C=C\CC)COC(=O)CCCCCCCC/C=C\C/C=C\C/C=C\C/C=C\CC. The second kappa shape index (κ2) is 49.7. The van der Waals surface area contributed by atoms with E-state index in [0.29, 0.717) is 12.8 Å². The van der Waals surface area contributed by atoms with Crippen molar-refractivity contribution in [2.75, 3.05) is 13.2 Å². The summed E-state index contributed by atoms with van der Waals surface area (Å²) in [5.74, 6) is -1.14. The van der Waals surface area contributed by atoms with Gasteiger partial charge in [0.15, 0.2) is 6.10 Å². The third kappa shape index (κ3) is 47.9. The maximum absolute atomic E-state index is 12.7. The van der Waals surface area contributed by atoms with E-state index in [2.05, 4.69) is 106 Å². The number of allylic oxidation sites excluding steroid dienone is 25. The largest absolute Gasteiger partial charge is 0.462 e. The monoisotopic (exact) mass is 865 g/mol. The van der Waals surface area contributed by atoms with Crippen LogP contribution in [0.25, 0.3) is 0 Å². The fourth-order valence-electron chi connectivity index (χ4n) is 5.70. The third-order valence-corrected chi connectivity index (χ3v) is 9.20. The zero-order valence-corrected chi connectivity index (χ0v) is 39.5. The Hall–Kier alpha value is -4.97. The van der Waals surface area contributed by atoms with Gasteiger partial charge in [0.05, 0.1) is 6.42 Å². The first kappa shape index (κ1) is 58.0. The first-order chi connectivity index (χ1) is 31.0. The summed E-state index contributed by atoms with van der Waals surface area (Å²) in [7, 11) is 0. The summed E-state index contributed by atoms with van der Waals surface area (Å²) in [5.41, 5.74) is 0. The molecule has 0 aliphatic rings. The normalized spacial score (nSPS) is 13.5. The molecule has 0 aliphatic heterocycles. The van der Waals surface area contributed by atoms with Gasteiger partial charge in [0.25, 0.3) is 0 Å². The lowest BCUT2D eigenvalue weighted by atomic mass is 10.1. The molecule has 6 nitrogen and oxygen atoms in total. The number of rotatable bonds is 40. The van der Waals surface area contributed by atoms with E-state index in [1.165, 1.54) is 12.8 Å². The van der Waals surface area contributed by atoms with Gasteiger partial charge in [-0.1, -0.05) is 211 Å². The lowest BCUT2D eigenvalue weighted by Gasteiger charge is -2.18. The molecule has 0 saturated carbocycles. The number of hydrogen-bond donors (Lipinski definition) is 0. The molecular weight excluding hydrogens is 781 g/mol. The molecule has 0 fully saturated rings. The van der Waals surface area contributed by atoms with Crippen molar-refractivity contribution in [2.45, 2.75) is 168 Å². The molecule has 0 amide bonds. The molecule has 0 rings (SSSR count). The minimum absolute atomic E-state index is 0.113.